The Morgan fingerprint density at radius 2 is 1.86 bits per heavy atom. The third-order valence-electron chi connectivity index (χ3n) is 4.83. The highest BCUT2D eigenvalue weighted by Gasteiger charge is 2.17. The number of carbonyl (C=O) groups is 2. The molecular formula is C27H22FN3O3S. The summed E-state index contributed by atoms with van der Waals surface area (Å²) in [5, 5.41) is 5.08. The maximum atomic E-state index is 13.3. The van der Waals surface area contributed by atoms with E-state index < -0.39 is 0 Å². The first-order valence-electron chi connectivity index (χ1n) is 10.8. The van der Waals surface area contributed by atoms with Gasteiger partial charge in [-0.1, -0.05) is 36.4 Å². The zero-order valence-electron chi connectivity index (χ0n) is 18.9. The number of aromatic nitrogens is 1. The fraction of sp³-hybridized carbons (Fsp3) is 0.0741. The maximum Gasteiger partial charge on any atom is 0.248 e. The summed E-state index contributed by atoms with van der Waals surface area (Å²) in [5.74, 6) is -0.266. The molecule has 0 atom stereocenters. The van der Waals surface area contributed by atoms with Gasteiger partial charge in [0.15, 0.2) is 5.13 Å². The Balaban J connectivity index is 1.37. The molecule has 0 aliphatic carbocycles. The van der Waals surface area contributed by atoms with E-state index in [1.807, 2.05) is 30.3 Å². The molecule has 8 heteroatoms. The summed E-state index contributed by atoms with van der Waals surface area (Å²) in [4.78, 5) is 30.6. The van der Waals surface area contributed by atoms with Crippen LogP contribution in [-0.4, -0.2) is 16.8 Å². The van der Waals surface area contributed by atoms with Crippen LogP contribution in [0.3, 0.4) is 0 Å². The first-order valence-corrected chi connectivity index (χ1v) is 11.6. The highest BCUT2D eigenvalue weighted by atomic mass is 32.1. The zero-order valence-corrected chi connectivity index (χ0v) is 19.7. The molecule has 1 aromatic heterocycles. The molecule has 0 saturated carbocycles. The molecule has 2 amide bonds. The van der Waals surface area contributed by atoms with E-state index >= 15 is 0 Å². The van der Waals surface area contributed by atoms with Crippen molar-refractivity contribution in [3.63, 3.8) is 0 Å². The van der Waals surface area contributed by atoms with E-state index in [2.05, 4.69) is 10.3 Å². The lowest BCUT2D eigenvalue weighted by molar-refractivity contribution is -0.116. The van der Waals surface area contributed by atoms with Crippen molar-refractivity contribution < 1.29 is 18.7 Å². The second-order valence-electron chi connectivity index (χ2n) is 7.51. The average Bonchev–Trinajstić information content (AvgIpc) is 3.31. The molecule has 1 N–H and O–H groups in total. The van der Waals surface area contributed by atoms with Crippen LogP contribution in [0.2, 0.25) is 0 Å². The second kappa shape index (κ2) is 11.2. The van der Waals surface area contributed by atoms with Crippen LogP contribution < -0.4 is 15.0 Å². The summed E-state index contributed by atoms with van der Waals surface area (Å²) >= 11 is 1.31. The number of ether oxygens (including phenoxy) is 1. The predicted molar refractivity (Wildman–Crippen MR) is 136 cm³/mol. The molecule has 0 aliphatic heterocycles. The van der Waals surface area contributed by atoms with E-state index in [4.69, 9.17) is 4.74 Å². The summed E-state index contributed by atoms with van der Waals surface area (Å²) in [6.07, 6.45) is 2.96. The molecular weight excluding hydrogens is 465 g/mol. The van der Waals surface area contributed by atoms with Crippen molar-refractivity contribution in [2.75, 3.05) is 10.2 Å². The van der Waals surface area contributed by atoms with Crippen molar-refractivity contribution in [2.45, 2.75) is 13.5 Å². The normalized spacial score (nSPS) is 10.8. The van der Waals surface area contributed by atoms with Gasteiger partial charge in [-0.3, -0.25) is 14.5 Å². The number of amides is 2. The number of hydrogen-bond acceptors (Lipinski definition) is 5. The van der Waals surface area contributed by atoms with Crippen LogP contribution in [0.5, 0.6) is 5.75 Å². The van der Waals surface area contributed by atoms with Gasteiger partial charge in [-0.05, 0) is 48.0 Å². The van der Waals surface area contributed by atoms with Gasteiger partial charge in [-0.25, -0.2) is 9.37 Å². The van der Waals surface area contributed by atoms with Crippen molar-refractivity contribution in [3.05, 3.63) is 107 Å². The van der Waals surface area contributed by atoms with Crippen LogP contribution in [0.1, 0.15) is 18.2 Å². The third kappa shape index (κ3) is 6.61. The first kappa shape index (κ1) is 23.8. The predicted octanol–water partition coefficient (Wildman–Crippen LogP) is 6.20. The molecule has 4 aromatic rings. The Bertz CT molecular complexity index is 1350. The minimum Gasteiger partial charge on any atom is -0.489 e. The van der Waals surface area contributed by atoms with Crippen LogP contribution in [0.15, 0.2) is 90.3 Å². The van der Waals surface area contributed by atoms with E-state index in [1.165, 1.54) is 41.4 Å². The lowest BCUT2D eigenvalue weighted by Crippen LogP contribution is -2.22. The number of rotatable bonds is 8. The molecule has 35 heavy (non-hydrogen) atoms. The number of nitrogens with one attached hydrogen (secondary N) is 1. The number of hydrogen-bond donors (Lipinski definition) is 1. The second-order valence-corrected chi connectivity index (χ2v) is 8.35. The minimum atomic E-state index is -0.340. The number of halogens is 1. The molecule has 0 fully saturated rings. The molecule has 1 heterocycles. The summed E-state index contributed by atoms with van der Waals surface area (Å²) in [6, 6.07) is 22.4. The average molecular weight is 488 g/mol. The quantitative estimate of drug-likeness (QED) is 0.301. The van der Waals surface area contributed by atoms with E-state index in [0.29, 0.717) is 27.8 Å². The van der Waals surface area contributed by atoms with Gasteiger partial charge in [0, 0.05) is 30.1 Å². The summed E-state index contributed by atoms with van der Waals surface area (Å²) in [5.41, 5.74) is 2.56. The molecule has 176 valence electrons. The molecule has 4 rings (SSSR count). The fourth-order valence-electron chi connectivity index (χ4n) is 3.26. The number of benzene rings is 3. The minimum absolute atomic E-state index is 0.154. The molecule has 3 aromatic carbocycles. The van der Waals surface area contributed by atoms with Crippen molar-refractivity contribution in [3.8, 4) is 5.75 Å². The Morgan fingerprint density at radius 3 is 2.63 bits per heavy atom. The van der Waals surface area contributed by atoms with E-state index in [1.54, 1.807) is 47.9 Å². The number of carbonyl (C=O) groups excluding carboxylic acids is 2. The topological polar surface area (TPSA) is 71.5 Å². The van der Waals surface area contributed by atoms with Crippen LogP contribution in [0.25, 0.3) is 6.08 Å². The molecule has 0 aliphatic rings. The van der Waals surface area contributed by atoms with E-state index in [0.717, 1.165) is 5.69 Å². The molecule has 0 bridgehead atoms. The Kier molecular flexibility index (Phi) is 7.64. The largest absolute Gasteiger partial charge is 0.489 e. The van der Waals surface area contributed by atoms with Gasteiger partial charge in [0.05, 0.1) is 11.4 Å². The van der Waals surface area contributed by atoms with E-state index in [-0.39, 0.29) is 24.2 Å². The highest BCUT2D eigenvalue weighted by molar-refractivity contribution is 7.14. The summed E-state index contributed by atoms with van der Waals surface area (Å²) < 4.78 is 19.0. The molecule has 0 spiro atoms. The number of para-hydroxylation sites is 1. The van der Waals surface area contributed by atoms with Crippen molar-refractivity contribution in [1.29, 1.82) is 0 Å². The first-order chi connectivity index (χ1) is 17.0. The lowest BCUT2D eigenvalue weighted by atomic mass is 10.2. The highest BCUT2D eigenvalue weighted by Crippen LogP contribution is 2.29. The van der Waals surface area contributed by atoms with Gasteiger partial charge in [-0.15, -0.1) is 11.3 Å². The SMILES string of the molecule is CC(=O)N(c1ccccc1)c1nc(/C=C/C(=O)Nc2cccc(OCc3cccc(F)c3)c2)cs1. The molecule has 0 unspecified atom stereocenters. The van der Waals surface area contributed by atoms with Crippen LogP contribution in [0.4, 0.5) is 20.9 Å². The van der Waals surface area contributed by atoms with E-state index in [9.17, 15) is 14.0 Å². The number of nitrogens with zero attached hydrogens (tertiary/aromatic N) is 2. The summed E-state index contributed by atoms with van der Waals surface area (Å²) in [6.45, 7) is 1.69. The van der Waals surface area contributed by atoms with Gasteiger partial charge in [0.25, 0.3) is 0 Å². The Labute approximate surface area is 206 Å². The third-order valence-corrected chi connectivity index (χ3v) is 5.68. The molecule has 0 radical (unpaired) electrons. The number of anilines is 3. The Morgan fingerprint density at radius 1 is 1.06 bits per heavy atom. The maximum absolute atomic E-state index is 13.3. The van der Waals surface area contributed by atoms with Crippen molar-refractivity contribution >= 4 is 45.7 Å². The number of thiazole rings is 1. The van der Waals surface area contributed by atoms with Crippen molar-refractivity contribution in [1.82, 2.24) is 4.98 Å². The van der Waals surface area contributed by atoms with Crippen molar-refractivity contribution in [2.24, 2.45) is 0 Å². The van der Waals surface area contributed by atoms with Gasteiger partial charge in [0.2, 0.25) is 11.8 Å². The van der Waals surface area contributed by atoms with Gasteiger partial charge >= 0.3 is 0 Å². The van der Waals surface area contributed by atoms with Gasteiger partial charge in [-0.2, -0.15) is 0 Å². The van der Waals surface area contributed by atoms with Gasteiger partial charge < -0.3 is 10.1 Å². The smallest absolute Gasteiger partial charge is 0.248 e. The van der Waals surface area contributed by atoms with Crippen LogP contribution in [-0.2, 0) is 16.2 Å². The van der Waals surface area contributed by atoms with Gasteiger partial charge in [0.1, 0.15) is 18.2 Å². The molecule has 0 saturated heterocycles. The van der Waals surface area contributed by atoms with Crippen LogP contribution >= 0.6 is 11.3 Å². The molecule has 6 nitrogen and oxygen atoms in total. The fourth-order valence-corrected chi connectivity index (χ4v) is 4.12. The summed E-state index contributed by atoms with van der Waals surface area (Å²) in [7, 11) is 0. The Hall–Kier alpha value is -4.30. The standard InChI is InChI=1S/C27H22FN3O3S/c1-19(32)31(24-10-3-2-4-11-24)27-30-23(18-35-27)13-14-26(33)29-22-9-6-12-25(16-22)34-17-20-7-5-8-21(28)15-20/h2-16,18H,17H2,1H3,(H,29,33)/b14-13+. The zero-order chi connectivity index (χ0) is 24.6. The lowest BCUT2D eigenvalue weighted by Gasteiger charge is -2.17. The monoisotopic (exact) mass is 487 g/mol. The van der Waals surface area contributed by atoms with Crippen LogP contribution in [0, 0.1) is 5.82 Å².